The van der Waals surface area contributed by atoms with E-state index in [2.05, 4.69) is 0 Å². The molecule has 3 N–H and O–H groups in total. The van der Waals surface area contributed by atoms with Crippen LogP contribution < -0.4 is 0 Å². The third kappa shape index (κ3) is 7.26. The minimum atomic E-state index is -0.785. The molecule has 0 spiro atoms. The van der Waals surface area contributed by atoms with Crippen LogP contribution in [0.3, 0.4) is 0 Å². The van der Waals surface area contributed by atoms with Gasteiger partial charge in [0.1, 0.15) is 5.76 Å². The Labute approximate surface area is 166 Å². The van der Waals surface area contributed by atoms with Gasteiger partial charge in [-0.1, -0.05) is 24.3 Å². The lowest BCUT2D eigenvalue weighted by atomic mass is 9.89. The third-order valence-corrected chi connectivity index (χ3v) is 5.36. The second-order valence-corrected chi connectivity index (χ2v) is 7.38. The maximum atomic E-state index is 10.5. The van der Waals surface area contributed by atoms with E-state index in [4.69, 9.17) is 14.3 Å². The summed E-state index contributed by atoms with van der Waals surface area (Å²) in [5.41, 5.74) is 0. The van der Waals surface area contributed by atoms with E-state index in [1.165, 1.54) is 0 Å². The summed E-state index contributed by atoms with van der Waals surface area (Å²) < 4.78 is 10.9. The van der Waals surface area contributed by atoms with Crippen LogP contribution in [0.1, 0.15) is 44.3 Å². The number of methoxy groups -OCH3 is 1. The molecule has 28 heavy (non-hydrogen) atoms. The molecule has 0 radical (unpaired) electrons. The molecule has 5 atom stereocenters. The molecule has 1 fully saturated rings. The lowest BCUT2D eigenvalue weighted by Crippen LogP contribution is -2.20. The smallest absolute Gasteiger partial charge is 0.303 e. The zero-order valence-electron chi connectivity index (χ0n) is 16.4. The van der Waals surface area contributed by atoms with Crippen molar-refractivity contribution in [3.8, 4) is 0 Å². The predicted octanol–water partition coefficient (Wildman–Crippen LogP) is 3.34. The topological polar surface area (TPSA) is 100 Å². The fourth-order valence-corrected chi connectivity index (χ4v) is 3.73. The number of rotatable bonds is 12. The van der Waals surface area contributed by atoms with E-state index in [1.54, 1.807) is 13.4 Å². The number of ether oxygens (including phenoxy) is 1. The van der Waals surface area contributed by atoms with Crippen LogP contribution in [0.25, 0.3) is 0 Å². The molecule has 1 aliphatic rings. The van der Waals surface area contributed by atoms with Crippen molar-refractivity contribution in [2.75, 3.05) is 7.11 Å². The Balaban J connectivity index is 1.85. The number of aliphatic hydroxyl groups excluding tert-OH is 2. The van der Waals surface area contributed by atoms with Gasteiger partial charge in [0, 0.05) is 32.3 Å². The normalized spacial score (nSPS) is 26.4. The second kappa shape index (κ2) is 11.8. The number of furan rings is 1. The maximum Gasteiger partial charge on any atom is 0.303 e. The molecule has 0 aromatic carbocycles. The molecule has 1 aromatic heterocycles. The van der Waals surface area contributed by atoms with Crippen LogP contribution in [0, 0.1) is 11.8 Å². The van der Waals surface area contributed by atoms with E-state index in [0.717, 1.165) is 18.6 Å². The van der Waals surface area contributed by atoms with Gasteiger partial charge < -0.3 is 24.5 Å². The van der Waals surface area contributed by atoms with Crippen LogP contribution >= 0.6 is 0 Å². The van der Waals surface area contributed by atoms with Crippen molar-refractivity contribution in [2.24, 2.45) is 11.8 Å². The van der Waals surface area contributed by atoms with E-state index >= 15 is 0 Å². The largest absolute Gasteiger partial charge is 0.481 e. The van der Waals surface area contributed by atoms with Gasteiger partial charge in [0.2, 0.25) is 0 Å². The minimum Gasteiger partial charge on any atom is -0.481 e. The molecule has 1 aromatic rings. The summed E-state index contributed by atoms with van der Waals surface area (Å²) in [6, 6.07) is 3.80. The zero-order valence-corrected chi connectivity index (χ0v) is 16.4. The Morgan fingerprint density at radius 1 is 1.36 bits per heavy atom. The van der Waals surface area contributed by atoms with E-state index in [0.29, 0.717) is 25.7 Å². The van der Waals surface area contributed by atoms with Gasteiger partial charge in [0.25, 0.3) is 0 Å². The zero-order chi connectivity index (χ0) is 20.4. The Morgan fingerprint density at radius 3 is 2.86 bits per heavy atom. The molecule has 6 nitrogen and oxygen atoms in total. The fourth-order valence-electron chi connectivity index (χ4n) is 3.73. The first-order valence-corrected chi connectivity index (χ1v) is 9.97. The molecule has 6 heteroatoms. The minimum absolute atomic E-state index is 0.0513. The van der Waals surface area contributed by atoms with Gasteiger partial charge in [-0.2, -0.15) is 0 Å². The molecule has 0 bridgehead atoms. The van der Waals surface area contributed by atoms with Gasteiger partial charge in [-0.3, -0.25) is 4.79 Å². The molecular formula is C22H32O6. The monoisotopic (exact) mass is 392 g/mol. The van der Waals surface area contributed by atoms with Crippen molar-refractivity contribution in [1.29, 1.82) is 0 Å². The Kier molecular flexibility index (Phi) is 9.47. The van der Waals surface area contributed by atoms with Crippen LogP contribution in [-0.2, 0) is 16.0 Å². The summed E-state index contributed by atoms with van der Waals surface area (Å²) in [6.07, 6.45) is 12.4. The lowest BCUT2D eigenvalue weighted by Gasteiger charge is -2.20. The molecule has 1 saturated carbocycles. The number of carboxylic acid groups (broad SMARTS) is 1. The number of hydrogen-bond donors (Lipinski definition) is 3. The van der Waals surface area contributed by atoms with Crippen molar-refractivity contribution in [3.05, 3.63) is 48.5 Å². The van der Waals surface area contributed by atoms with Gasteiger partial charge in [-0.15, -0.1) is 0 Å². The first-order chi connectivity index (χ1) is 13.5. The maximum absolute atomic E-state index is 10.5. The van der Waals surface area contributed by atoms with Gasteiger partial charge >= 0.3 is 5.97 Å². The molecular weight excluding hydrogens is 360 g/mol. The summed E-state index contributed by atoms with van der Waals surface area (Å²) >= 11 is 0. The average molecular weight is 392 g/mol. The number of hydrogen-bond acceptors (Lipinski definition) is 5. The van der Waals surface area contributed by atoms with E-state index in [1.807, 2.05) is 36.4 Å². The highest BCUT2D eigenvalue weighted by molar-refractivity contribution is 5.66. The highest BCUT2D eigenvalue weighted by Crippen LogP contribution is 2.36. The first-order valence-electron chi connectivity index (χ1n) is 9.97. The van der Waals surface area contributed by atoms with Crippen LogP contribution in [0.15, 0.2) is 47.1 Å². The number of aliphatic carboxylic acids is 1. The number of aliphatic hydroxyl groups is 2. The Morgan fingerprint density at radius 2 is 2.18 bits per heavy atom. The molecule has 0 aliphatic heterocycles. The second-order valence-electron chi connectivity index (χ2n) is 7.38. The molecule has 1 aliphatic carbocycles. The Bertz CT molecular complexity index is 621. The van der Waals surface area contributed by atoms with Crippen LogP contribution in [0.4, 0.5) is 0 Å². The van der Waals surface area contributed by atoms with Gasteiger partial charge in [0.05, 0.1) is 24.6 Å². The van der Waals surface area contributed by atoms with Crippen molar-refractivity contribution in [1.82, 2.24) is 0 Å². The van der Waals surface area contributed by atoms with Crippen molar-refractivity contribution < 1.29 is 29.3 Å². The SMILES string of the molecule is CO[C@H](C=C[C@@H]1[C@@H](CC=CCCCC(=O)O)[C@@H](O)C[C@H]1O)CCc1ccco1. The number of allylic oxidation sites excluding steroid dienone is 2. The quantitative estimate of drug-likeness (QED) is 0.373. The Hall–Kier alpha value is -1.89. The van der Waals surface area contributed by atoms with E-state index < -0.39 is 18.2 Å². The molecule has 0 saturated heterocycles. The average Bonchev–Trinajstić information content (AvgIpc) is 3.26. The first kappa shape index (κ1) is 22.4. The van der Waals surface area contributed by atoms with Crippen molar-refractivity contribution >= 4 is 5.97 Å². The lowest BCUT2D eigenvalue weighted by molar-refractivity contribution is -0.137. The number of carbonyl (C=O) groups is 1. The summed E-state index contributed by atoms with van der Waals surface area (Å²) in [5, 5.41) is 29.3. The summed E-state index contributed by atoms with van der Waals surface area (Å²) in [6.45, 7) is 0. The number of carboxylic acids is 1. The van der Waals surface area contributed by atoms with Crippen LogP contribution in [0.5, 0.6) is 0 Å². The van der Waals surface area contributed by atoms with Gasteiger partial charge in [-0.05, 0) is 43.7 Å². The molecule has 0 amide bonds. The van der Waals surface area contributed by atoms with E-state index in [9.17, 15) is 15.0 Å². The summed E-state index contributed by atoms with van der Waals surface area (Å²) in [7, 11) is 1.66. The highest BCUT2D eigenvalue weighted by Gasteiger charge is 2.39. The van der Waals surface area contributed by atoms with Crippen LogP contribution in [-0.4, -0.2) is 46.7 Å². The molecule has 0 unspecified atom stereocenters. The predicted molar refractivity (Wildman–Crippen MR) is 106 cm³/mol. The van der Waals surface area contributed by atoms with Crippen LogP contribution in [0.2, 0.25) is 0 Å². The van der Waals surface area contributed by atoms with Gasteiger partial charge in [-0.25, -0.2) is 0 Å². The van der Waals surface area contributed by atoms with Crippen molar-refractivity contribution in [2.45, 2.75) is 63.3 Å². The molecule has 156 valence electrons. The summed E-state index contributed by atoms with van der Waals surface area (Å²) in [5.74, 6) is -0.0464. The highest BCUT2D eigenvalue weighted by atomic mass is 16.5. The summed E-state index contributed by atoms with van der Waals surface area (Å²) in [4.78, 5) is 10.5. The van der Waals surface area contributed by atoms with Crippen molar-refractivity contribution in [3.63, 3.8) is 0 Å². The van der Waals surface area contributed by atoms with E-state index in [-0.39, 0.29) is 24.4 Å². The number of aryl methyl sites for hydroxylation is 1. The standard InChI is InChI=1S/C22H32O6/c1-27-16(10-11-17-7-6-14-28-17)12-13-19-18(20(23)15-21(19)24)8-4-2-3-5-9-22(25)26/h2,4,6-7,12-14,16,18-21,23-24H,3,5,8-11,15H2,1H3,(H,25,26)/t16-,18+,19+,20-,21+/m0/s1. The fraction of sp³-hybridized carbons (Fsp3) is 0.591. The molecule has 2 rings (SSSR count). The molecule has 1 heterocycles. The third-order valence-electron chi connectivity index (χ3n) is 5.36. The number of unbranched alkanes of at least 4 members (excludes halogenated alkanes) is 1. The van der Waals surface area contributed by atoms with Gasteiger partial charge in [0.15, 0.2) is 0 Å².